The third kappa shape index (κ3) is 9.89. The maximum Gasteiger partial charge on any atom is 0.328 e. The van der Waals surface area contributed by atoms with Crippen molar-refractivity contribution in [2.75, 3.05) is 6.61 Å². The summed E-state index contributed by atoms with van der Waals surface area (Å²) in [5, 5.41) is 2.68. The second-order valence-electron chi connectivity index (χ2n) is 7.99. The van der Waals surface area contributed by atoms with Crippen LogP contribution in [0.2, 0.25) is 0 Å². The van der Waals surface area contributed by atoms with Crippen molar-refractivity contribution in [3.8, 4) is 0 Å². The van der Waals surface area contributed by atoms with Crippen LogP contribution in [-0.2, 0) is 30.1 Å². The highest BCUT2D eigenvalue weighted by Gasteiger charge is 2.30. The van der Waals surface area contributed by atoms with E-state index in [9.17, 15) is 18.0 Å². The van der Waals surface area contributed by atoms with Crippen LogP contribution < -0.4 is 10.0 Å². The number of sulfonamides is 1. The highest BCUT2D eigenvalue weighted by molar-refractivity contribution is 7.88. The Labute approximate surface area is 174 Å². The molecule has 164 valence electrons. The zero-order valence-corrected chi connectivity index (χ0v) is 18.8. The molecule has 0 aromatic heterocycles. The lowest BCUT2D eigenvalue weighted by molar-refractivity contribution is -0.148. The molecule has 2 atom stereocenters. The first-order valence-corrected chi connectivity index (χ1v) is 11.7. The Morgan fingerprint density at radius 1 is 0.966 bits per heavy atom. The molecule has 0 fully saturated rings. The Hall–Kier alpha value is -1.93. The Morgan fingerprint density at radius 2 is 1.52 bits per heavy atom. The quantitative estimate of drug-likeness (QED) is 0.500. The molecule has 1 rings (SSSR count). The van der Waals surface area contributed by atoms with Crippen molar-refractivity contribution in [3.05, 3.63) is 35.9 Å². The molecule has 0 saturated heterocycles. The summed E-state index contributed by atoms with van der Waals surface area (Å²) in [5.41, 5.74) is 0.632. The normalized spacial score (nSPS) is 13.9. The van der Waals surface area contributed by atoms with Crippen LogP contribution in [0.3, 0.4) is 0 Å². The van der Waals surface area contributed by atoms with Gasteiger partial charge in [0.2, 0.25) is 15.9 Å². The fraction of sp³-hybridized carbons (Fsp3) is 0.619. The van der Waals surface area contributed by atoms with Crippen molar-refractivity contribution in [1.29, 1.82) is 0 Å². The zero-order chi connectivity index (χ0) is 22.0. The van der Waals surface area contributed by atoms with Gasteiger partial charge in [-0.1, -0.05) is 58.0 Å². The first-order valence-electron chi connectivity index (χ1n) is 10.0. The molecule has 29 heavy (non-hydrogen) atoms. The smallest absolute Gasteiger partial charge is 0.328 e. The maximum atomic E-state index is 12.9. The second kappa shape index (κ2) is 11.9. The van der Waals surface area contributed by atoms with E-state index in [1.807, 2.05) is 33.8 Å². The van der Waals surface area contributed by atoms with Crippen LogP contribution >= 0.6 is 0 Å². The van der Waals surface area contributed by atoms with Gasteiger partial charge in [-0.25, -0.2) is 17.9 Å². The average Bonchev–Trinajstić information content (AvgIpc) is 2.60. The van der Waals surface area contributed by atoms with E-state index in [0.717, 1.165) is 0 Å². The second-order valence-corrected chi connectivity index (χ2v) is 9.74. The van der Waals surface area contributed by atoms with Gasteiger partial charge in [-0.15, -0.1) is 0 Å². The summed E-state index contributed by atoms with van der Waals surface area (Å²) < 4.78 is 32.8. The minimum Gasteiger partial charge on any atom is -0.464 e. The highest BCUT2D eigenvalue weighted by atomic mass is 32.2. The number of esters is 1. The van der Waals surface area contributed by atoms with Crippen LogP contribution in [0, 0.1) is 11.8 Å². The summed E-state index contributed by atoms with van der Waals surface area (Å²) in [5.74, 6) is -1.01. The minimum absolute atomic E-state index is 0.0799. The van der Waals surface area contributed by atoms with Crippen molar-refractivity contribution in [1.82, 2.24) is 10.0 Å². The number of rotatable bonds is 12. The molecule has 0 radical (unpaired) electrons. The first-order chi connectivity index (χ1) is 13.5. The van der Waals surface area contributed by atoms with Crippen LogP contribution in [0.25, 0.3) is 0 Å². The van der Waals surface area contributed by atoms with E-state index in [4.69, 9.17) is 4.74 Å². The summed E-state index contributed by atoms with van der Waals surface area (Å²) in [6, 6.07) is 7.00. The van der Waals surface area contributed by atoms with Gasteiger partial charge in [-0.3, -0.25) is 4.79 Å². The van der Waals surface area contributed by atoms with Gasteiger partial charge in [-0.05, 0) is 37.2 Å². The van der Waals surface area contributed by atoms with E-state index in [1.54, 1.807) is 31.2 Å². The molecule has 2 N–H and O–H groups in total. The number of carbonyl (C=O) groups excluding carboxylic acids is 2. The Bertz CT molecular complexity index is 748. The molecule has 0 spiro atoms. The molecule has 0 bridgehead atoms. The number of hydrogen-bond acceptors (Lipinski definition) is 5. The number of carbonyl (C=O) groups is 2. The maximum absolute atomic E-state index is 12.9. The summed E-state index contributed by atoms with van der Waals surface area (Å²) in [7, 11) is -3.74. The molecule has 0 aliphatic rings. The van der Waals surface area contributed by atoms with Crippen molar-refractivity contribution in [3.63, 3.8) is 0 Å². The monoisotopic (exact) mass is 426 g/mol. The molecular weight excluding hydrogens is 392 g/mol. The van der Waals surface area contributed by atoms with E-state index >= 15 is 0 Å². The number of nitrogens with one attached hydrogen (secondary N) is 2. The Kier molecular flexibility index (Phi) is 10.3. The van der Waals surface area contributed by atoms with Crippen LogP contribution in [-0.4, -0.2) is 39.0 Å². The summed E-state index contributed by atoms with van der Waals surface area (Å²) in [6.07, 6.45) is 0.729. The standard InChI is InChI=1S/C21H34N2O5S/c1-6-28-21(25)19(13-16(4)5)22-20(24)18(12-15(2)3)23-29(26,27)14-17-10-8-7-9-11-17/h7-11,15-16,18-19,23H,6,12-14H2,1-5H3,(H,22,24)/t18-,19+/m1/s1. The van der Waals surface area contributed by atoms with E-state index in [2.05, 4.69) is 10.0 Å². The summed E-state index contributed by atoms with van der Waals surface area (Å²) in [4.78, 5) is 25.1. The van der Waals surface area contributed by atoms with Crippen LogP contribution in [0.15, 0.2) is 30.3 Å². The van der Waals surface area contributed by atoms with Crippen molar-refractivity contribution >= 4 is 21.9 Å². The summed E-state index contributed by atoms with van der Waals surface area (Å²) >= 11 is 0. The lowest BCUT2D eigenvalue weighted by Gasteiger charge is -2.24. The third-order valence-corrected chi connectivity index (χ3v) is 5.50. The van der Waals surface area contributed by atoms with Gasteiger partial charge in [0, 0.05) is 0 Å². The summed E-state index contributed by atoms with van der Waals surface area (Å²) in [6.45, 7) is 9.60. The molecule has 1 amide bonds. The Balaban J connectivity index is 2.94. The SMILES string of the molecule is CCOC(=O)[C@H](CC(C)C)NC(=O)[C@@H](CC(C)C)NS(=O)(=O)Cc1ccccc1. The van der Waals surface area contributed by atoms with Gasteiger partial charge in [0.1, 0.15) is 12.1 Å². The largest absolute Gasteiger partial charge is 0.464 e. The van der Waals surface area contributed by atoms with Gasteiger partial charge in [0.15, 0.2) is 0 Å². The average molecular weight is 427 g/mol. The third-order valence-electron chi connectivity index (χ3n) is 4.14. The number of amides is 1. The predicted molar refractivity (Wildman–Crippen MR) is 113 cm³/mol. The van der Waals surface area contributed by atoms with Gasteiger partial charge in [0.05, 0.1) is 12.4 Å². The molecule has 0 aliphatic heterocycles. The lowest BCUT2D eigenvalue weighted by atomic mass is 10.0. The molecule has 1 aromatic carbocycles. The Morgan fingerprint density at radius 3 is 2.03 bits per heavy atom. The minimum atomic E-state index is -3.74. The lowest BCUT2D eigenvalue weighted by Crippen LogP contribution is -2.52. The van der Waals surface area contributed by atoms with Crippen LogP contribution in [0.4, 0.5) is 0 Å². The zero-order valence-electron chi connectivity index (χ0n) is 18.0. The highest BCUT2D eigenvalue weighted by Crippen LogP contribution is 2.12. The number of ether oxygens (including phenoxy) is 1. The number of benzene rings is 1. The van der Waals surface area contributed by atoms with Gasteiger partial charge in [-0.2, -0.15) is 0 Å². The molecular formula is C21H34N2O5S. The van der Waals surface area contributed by atoms with Crippen molar-refractivity contribution in [2.24, 2.45) is 11.8 Å². The topological polar surface area (TPSA) is 102 Å². The molecule has 7 nitrogen and oxygen atoms in total. The van der Waals surface area contributed by atoms with Gasteiger partial charge in [0.25, 0.3) is 0 Å². The molecule has 0 unspecified atom stereocenters. The molecule has 0 heterocycles. The molecule has 1 aromatic rings. The number of hydrogen-bond donors (Lipinski definition) is 2. The predicted octanol–water partition coefficient (Wildman–Crippen LogP) is 2.61. The fourth-order valence-electron chi connectivity index (χ4n) is 2.93. The molecule has 8 heteroatoms. The van der Waals surface area contributed by atoms with E-state index in [-0.39, 0.29) is 24.2 Å². The first kappa shape index (κ1) is 25.1. The van der Waals surface area contributed by atoms with E-state index in [1.165, 1.54) is 0 Å². The van der Waals surface area contributed by atoms with Crippen molar-refractivity contribution < 1.29 is 22.7 Å². The molecule has 0 saturated carbocycles. The molecule has 0 aliphatic carbocycles. The van der Waals surface area contributed by atoms with Crippen LogP contribution in [0.1, 0.15) is 53.0 Å². The van der Waals surface area contributed by atoms with E-state index < -0.39 is 34.0 Å². The van der Waals surface area contributed by atoms with Crippen molar-refractivity contribution in [2.45, 2.75) is 65.3 Å². The van der Waals surface area contributed by atoms with Gasteiger partial charge < -0.3 is 10.1 Å². The van der Waals surface area contributed by atoms with E-state index in [0.29, 0.717) is 18.4 Å². The van der Waals surface area contributed by atoms with Gasteiger partial charge >= 0.3 is 5.97 Å². The fourth-order valence-corrected chi connectivity index (χ4v) is 4.28. The van der Waals surface area contributed by atoms with Crippen LogP contribution in [0.5, 0.6) is 0 Å².